The molecule has 0 saturated carbocycles. The lowest BCUT2D eigenvalue weighted by Crippen LogP contribution is -2.34. The van der Waals surface area contributed by atoms with E-state index in [0.29, 0.717) is 6.61 Å². The third-order valence-corrected chi connectivity index (χ3v) is 4.62. The molecule has 5 heteroatoms. The van der Waals surface area contributed by atoms with Crippen molar-refractivity contribution < 1.29 is 9.47 Å². The van der Waals surface area contributed by atoms with Gasteiger partial charge in [-0.25, -0.2) is 0 Å². The smallest absolute Gasteiger partial charge is 0.145 e. The second-order valence-corrected chi connectivity index (χ2v) is 6.74. The zero-order valence-corrected chi connectivity index (χ0v) is 15.3. The highest BCUT2D eigenvalue weighted by Crippen LogP contribution is 2.29. The van der Waals surface area contributed by atoms with Crippen molar-refractivity contribution in [1.29, 1.82) is 0 Å². The van der Waals surface area contributed by atoms with E-state index in [1.165, 1.54) is 5.56 Å². The van der Waals surface area contributed by atoms with Crippen molar-refractivity contribution in [1.82, 2.24) is 4.90 Å². The molecule has 126 valence electrons. The van der Waals surface area contributed by atoms with E-state index in [0.717, 1.165) is 46.9 Å². The van der Waals surface area contributed by atoms with Gasteiger partial charge in [-0.15, -0.1) is 0 Å². The van der Waals surface area contributed by atoms with Crippen molar-refractivity contribution in [2.45, 2.75) is 13.5 Å². The highest BCUT2D eigenvalue weighted by atomic mass is 79.9. The molecule has 0 amide bonds. The first-order valence-corrected chi connectivity index (χ1v) is 8.71. The standard InChI is InChI=1S/C19H21BrN2O2/c1-14-9-16(10-18(20)19(14)21)24-13-17-12-22(7-8-23-17)11-15-5-3-2-4-6-15/h2-6,9-10,13H,7-8,11-12,21H2,1H3. The van der Waals surface area contributed by atoms with Gasteiger partial charge in [0, 0.05) is 23.2 Å². The third kappa shape index (κ3) is 4.30. The molecule has 2 aromatic rings. The number of nitrogens with zero attached hydrogens (tertiary/aromatic N) is 1. The van der Waals surface area contributed by atoms with Gasteiger partial charge >= 0.3 is 0 Å². The van der Waals surface area contributed by atoms with Gasteiger partial charge in [0.25, 0.3) is 0 Å². The second-order valence-electron chi connectivity index (χ2n) is 5.88. The molecule has 0 atom stereocenters. The minimum atomic E-state index is 0.673. The molecule has 4 nitrogen and oxygen atoms in total. The Morgan fingerprint density at radius 3 is 2.83 bits per heavy atom. The van der Waals surface area contributed by atoms with Crippen LogP contribution in [0.3, 0.4) is 0 Å². The predicted molar refractivity (Wildman–Crippen MR) is 99.7 cm³/mol. The second kappa shape index (κ2) is 7.73. The molecule has 0 aliphatic carbocycles. The number of rotatable bonds is 4. The van der Waals surface area contributed by atoms with Gasteiger partial charge in [-0.05, 0) is 46.1 Å². The molecule has 0 spiro atoms. The van der Waals surface area contributed by atoms with E-state index in [2.05, 4.69) is 45.1 Å². The highest BCUT2D eigenvalue weighted by molar-refractivity contribution is 9.10. The lowest BCUT2D eigenvalue weighted by atomic mass is 10.2. The number of hydrogen-bond donors (Lipinski definition) is 1. The summed E-state index contributed by atoms with van der Waals surface area (Å²) in [5.74, 6) is 1.58. The SMILES string of the molecule is Cc1cc(OC=C2CN(Cc3ccccc3)CCO2)cc(Br)c1N. The Bertz CT molecular complexity index is 708. The van der Waals surface area contributed by atoms with Crippen LogP contribution in [0.2, 0.25) is 0 Å². The normalized spacial score (nSPS) is 16.8. The van der Waals surface area contributed by atoms with Crippen molar-refractivity contribution in [2.75, 3.05) is 25.4 Å². The molecule has 24 heavy (non-hydrogen) atoms. The number of anilines is 1. The van der Waals surface area contributed by atoms with Gasteiger partial charge in [0.2, 0.25) is 0 Å². The molecule has 1 fully saturated rings. The molecule has 0 aromatic heterocycles. The number of nitrogen functional groups attached to an aromatic ring is 1. The Morgan fingerprint density at radius 1 is 1.29 bits per heavy atom. The van der Waals surface area contributed by atoms with E-state index in [9.17, 15) is 0 Å². The summed E-state index contributed by atoms with van der Waals surface area (Å²) < 4.78 is 12.3. The predicted octanol–water partition coefficient (Wildman–Crippen LogP) is 4.09. The van der Waals surface area contributed by atoms with Crippen molar-refractivity contribution in [3.8, 4) is 5.75 Å². The van der Waals surface area contributed by atoms with Crippen molar-refractivity contribution >= 4 is 21.6 Å². The molecule has 1 heterocycles. The average molecular weight is 389 g/mol. The molecule has 1 saturated heterocycles. The first kappa shape index (κ1) is 16.9. The van der Waals surface area contributed by atoms with Crippen LogP contribution in [-0.2, 0) is 11.3 Å². The quantitative estimate of drug-likeness (QED) is 0.632. The fraction of sp³-hybridized carbons (Fsp3) is 0.263. The maximum Gasteiger partial charge on any atom is 0.145 e. The number of halogens is 1. The Morgan fingerprint density at radius 2 is 2.08 bits per heavy atom. The van der Waals surface area contributed by atoms with Crippen LogP contribution >= 0.6 is 15.9 Å². The molecule has 0 unspecified atom stereocenters. The van der Waals surface area contributed by atoms with Gasteiger partial charge in [0.05, 0.1) is 6.54 Å². The largest absolute Gasteiger partial charge is 0.492 e. The van der Waals surface area contributed by atoms with Gasteiger partial charge in [0.15, 0.2) is 0 Å². The molecule has 3 rings (SSSR count). The zero-order chi connectivity index (χ0) is 16.9. The van der Waals surface area contributed by atoms with E-state index in [4.69, 9.17) is 15.2 Å². The highest BCUT2D eigenvalue weighted by Gasteiger charge is 2.16. The number of nitrogens with two attached hydrogens (primary N) is 1. The molecule has 0 radical (unpaired) electrons. The molecule has 2 N–H and O–H groups in total. The van der Waals surface area contributed by atoms with Gasteiger partial charge in [-0.2, -0.15) is 0 Å². The fourth-order valence-electron chi connectivity index (χ4n) is 2.62. The summed E-state index contributed by atoms with van der Waals surface area (Å²) in [6, 6.07) is 14.2. The van der Waals surface area contributed by atoms with E-state index >= 15 is 0 Å². The average Bonchev–Trinajstić information content (AvgIpc) is 2.59. The first-order chi connectivity index (χ1) is 11.6. The van der Waals surface area contributed by atoms with Crippen LogP contribution in [-0.4, -0.2) is 24.6 Å². The zero-order valence-electron chi connectivity index (χ0n) is 13.7. The Hall–Kier alpha value is -1.98. The number of benzene rings is 2. The monoisotopic (exact) mass is 388 g/mol. The Labute approximate surface area is 151 Å². The summed E-state index contributed by atoms with van der Waals surface area (Å²) >= 11 is 3.44. The van der Waals surface area contributed by atoms with Gasteiger partial charge in [-0.1, -0.05) is 30.3 Å². The number of hydrogen-bond acceptors (Lipinski definition) is 4. The summed E-state index contributed by atoms with van der Waals surface area (Å²) in [4.78, 5) is 2.35. The van der Waals surface area contributed by atoms with E-state index in [1.54, 1.807) is 6.26 Å². The number of morpholine rings is 1. The van der Waals surface area contributed by atoms with Crippen LogP contribution in [0.15, 0.2) is 59.0 Å². The molecule has 0 bridgehead atoms. The maximum absolute atomic E-state index is 5.93. The maximum atomic E-state index is 5.93. The van der Waals surface area contributed by atoms with Crippen molar-refractivity contribution in [2.24, 2.45) is 0 Å². The third-order valence-electron chi connectivity index (χ3n) is 3.96. The van der Waals surface area contributed by atoms with Crippen molar-refractivity contribution in [3.05, 3.63) is 70.1 Å². The van der Waals surface area contributed by atoms with Gasteiger partial charge in [-0.3, -0.25) is 4.90 Å². The molecular formula is C19H21BrN2O2. The summed E-state index contributed by atoms with van der Waals surface area (Å²) in [7, 11) is 0. The molecule has 1 aliphatic heterocycles. The van der Waals surface area contributed by atoms with Crippen LogP contribution < -0.4 is 10.5 Å². The van der Waals surface area contributed by atoms with Gasteiger partial charge in [0.1, 0.15) is 24.4 Å². The Kier molecular flexibility index (Phi) is 5.43. The van der Waals surface area contributed by atoms with Crippen molar-refractivity contribution in [3.63, 3.8) is 0 Å². The van der Waals surface area contributed by atoms with E-state index in [1.807, 2.05) is 25.1 Å². The lowest BCUT2D eigenvalue weighted by molar-refractivity contribution is 0.0843. The van der Waals surface area contributed by atoms with E-state index < -0.39 is 0 Å². The summed E-state index contributed by atoms with van der Waals surface area (Å²) in [6.07, 6.45) is 1.69. The van der Waals surface area contributed by atoms with Crippen LogP contribution in [0.4, 0.5) is 5.69 Å². The topological polar surface area (TPSA) is 47.7 Å². The minimum absolute atomic E-state index is 0.673. The first-order valence-electron chi connectivity index (χ1n) is 7.92. The molecule has 1 aliphatic rings. The van der Waals surface area contributed by atoms with Crippen LogP contribution in [0.25, 0.3) is 0 Å². The number of aryl methyl sites for hydroxylation is 1. The summed E-state index contributed by atoms with van der Waals surface area (Å²) in [6.45, 7) is 5.20. The van der Waals surface area contributed by atoms with Crippen LogP contribution in [0.5, 0.6) is 5.75 Å². The van der Waals surface area contributed by atoms with Crippen LogP contribution in [0.1, 0.15) is 11.1 Å². The molecular weight excluding hydrogens is 368 g/mol. The summed E-state index contributed by atoms with van der Waals surface area (Å²) in [5.41, 5.74) is 8.95. The Balaban J connectivity index is 1.63. The summed E-state index contributed by atoms with van der Waals surface area (Å²) in [5, 5.41) is 0. The minimum Gasteiger partial charge on any atom is -0.492 e. The fourth-order valence-corrected chi connectivity index (χ4v) is 3.16. The van der Waals surface area contributed by atoms with Gasteiger partial charge < -0.3 is 15.2 Å². The number of ether oxygens (including phenoxy) is 2. The van der Waals surface area contributed by atoms with E-state index in [-0.39, 0.29) is 0 Å². The lowest BCUT2D eigenvalue weighted by Gasteiger charge is -2.28. The molecule has 2 aromatic carbocycles. The van der Waals surface area contributed by atoms with Crippen LogP contribution in [0, 0.1) is 6.92 Å².